The molecule has 0 saturated heterocycles. The van der Waals surface area contributed by atoms with Crippen molar-refractivity contribution in [2.45, 2.75) is 0 Å². The molecule has 0 unspecified atom stereocenters. The summed E-state index contributed by atoms with van der Waals surface area (Å²) in [6.07, 6.45) is 1.38. The second kappa shape index (κ2) is 5.26. The Labute approximate surface area is 133 Å². The van der Waals surface area contributed by atoms with Gasteiger partial charge in [-0.15, -0.1) is 0 Å². The van der Waals surface area contributed by atoms with E-state index >= 15 is 0 Å². The van der Waals surface area contributed by atoms with Crippen LogP contribution in [0.15, 0.2) is 24.5 Å². The minimum atomic E-state index is 0.282. The number of halogens is 4. The predicted octanol–water partition coefficient (Wildman–Crippen LogP) is 4.48. The third-order valence-corrected chi connectivity index (χ3v) is 3.72. The summed E-state index contributed by atoms with van der Waals surface area (Å²) in [4.78, 5) is 8.00. The van der Waals surface area contributed by atoms with E-state index in [1.807, 2.05) is 0 Å². The normalized spacial score (nSPS) is 11.0. The molecular weight excluding hydrogens is 344 g/mol. The van der Waals surface area contributed by atoms with Crippen molar-refractivity contribution in [1.29, 1.82) is 0 Å². The molecular formula is C11H5Cl4N5. The summed E-state index contributed by atoms with van der Waals surface area (Å²) < 4.78 is 1.49. The van der Waals surface area contributed by atoms with Crippen LogP contribution in [0.1, 0.15) is 0 Å². The van der Waals surface area contributed by atoms with Crippen LogP contribution in [0.4, 0.5) is 11.5 Å². The summed E-state index contributed by atoms with van der Waals surface area (Å²) in [7, 11) is 0. The smallest absolute Gasteiger partial charge is 0.255 e. The van der Waals surface area contributed by atoms with E-state index in [1.54, 1.807) is 18.2 Å². The van der Waals surface area contributed by atoms with E-state index in [9.17, 15) is 0 Å². The van der Waals surface area contributed by atoms with Crippen LogP contribution in [0, 0.1) is 0 Å². The molecule has 0 aliphatic heterocycles. The van der Waals surface area contributed by atoms with Crippen LogP contribution in [-0.4, -0.2) is 19.6 Å². The summed E-state index contributed by atoms with van der Waals surface area (Å²) >= 11 is 23.9. The van der Waals surface area contributed by atoms with Crippen molar-refractivity contribution in [3.8, 4) is 0 Å². The SMILES string of the molecule is Clc1cc(Nc2cc(Cl)c(Cl)cc2Cl)n2ncnc2n1. The molecule has 2 heterocycles. The number of benzene rings is 1. The molecule has 1 N–H and O–H groups in total. The number of aromatic nitrogens is 4. The molecule has 0 spiro atoms. The Kier molecular flexibility index (Phi) is 3.60. The minimum Gasteiger partial charge on any atom is -0.339 e. The molecule has 0 aliphatic rings. The Morgan fingerprint density at radius 3 is 2.50 bits per heavy atom. The number of anilines is 2. The minimum absolute atomic E-state index is 0.282. The van der Waals surface area contributed by atoms with Gasteiger partial charge in [-0.3, -0.25) is 0 Å². The lowest BCUT2D eigenvalue weighted by molar-refractivity contribution is 0.947. The first kappa shape index (κ1) is 13.7. The van der Waals surface area contributed by atoms with Crippen LogP contribution in [0.3, 0.4) is 0 Å². The summed E-state index contributed by atoms with van der Waals surface area (Å²) in [5.41, 5.74) is 0.570. The number of hydrogen-bond acceptors (Lipinski definition) is 4. The van der Waals surface area contributed by atoms with Gasteiger partial charge < -0.3 is 5.32 Å². The largest absolute Gasteiger partial charge is 0.339 e. The highest BCUT2D eigenvalue weighted by molar-refractivity contribution is 6.44. The second-order valence-corrected chi connectivity index (χ2v) is 5.42. The Bertz CT molecular complexity index is 801. The molecule has 3 aromatic rings. The third kappa shape index (κ3) is 2.50. The Hall–Kier alpha value is -1.27. The van der Waals surface area contributed by atoms with Crippen molar-refractivity contribution in [2.75, 3.05) is 5.32 Å². The quantitative estimate of drug-likeness (QED) is 0.548. The number of hydrogen-bond donors (Lipinski definition) is 1. The van der Waals surface area contributed by atoms with Gasteiger partial charge in [-0.05, 0) is 12.1 Å². The fourth-order valence-electron chi connectivity index (χ4n) is 1.63. The average molecular weight is 349 g/mol. The van der Waals surface area contributed by atoms with Gasteiger partial charge in [0.1, 0.15) is 17.3 Å². The maximum Gasteiger partial charge on any atom is 0.255 e. The van der Waals surface area contributed by atoms with Crippen molar-refractivity contribution in [1.82, 2.24) is 19.6 Å². The highest BCUT2D eigenvalue weighted by atomic mass is 35.5. The topological polar surface area (TPSA) is 55.1 Å². The fraction of sp³-hybridized carbons (Fsp3) is 0. The van der Waals surface area contributed by atoms with Gasteiger partial charge in [0.15, 0.2) is 0 Å². The molecule has 9 heteroatoms. The van der Waals surface area contributed by atoms with Crippen LogP contribution in [0.5, 0.6) is 0 Å². The summed E-state index contributed by atoms with van der Waals surface area (Å²) in [6, 6.07) is 4.76. The van der Waals surface area contributed by atoms with E-state index in [1.165, 1.54) is 10.8 Å². The van der Waals surface area contributed by atoms with Gasteiger partial charge in [0, 0.05) is 6.07 Å². The van der Waals surface area contributed by atoms with Gasteiger partial charge in [0.05, 0.1) is 20.8 Å². The summed E-state index contributed by atoms with van der Waals surface area (Å²) in [5, 5.41) is 8.57. The molecule has 0 aliphatic carbocycles. The highest BCUT2D eigenvalue weighted by Crippen LogP contribution is 2.34. The molecule has 0 saturated carbocycles. The number of nitrogens with one attached hydrogen (secondary N) is 1. The molecule has 20 heavy (non-hydrogen) atoms. The Morgan fingerprint density at radius 2 is 1.70 bits per heavy atom. The average Bonchev–Trinajstić information content (AvgIpc) is 2.84. The van der Waals surface area contributed by atoms with E-state index in [4.69, 9.17) is 46.4 Å². The first-order chi connectivity index (χ1) is 9.54. The van der Waals surface area contributed by atoms with Crippen molar-refractivity contribution >= 4 is 63.7 Å². The van der Waals surface area contributed by atoms with Crippen LogP contribution in [-0.2, 0) is 0 Å². The lowest BCUT2D eigenvalue weighted by Gasteiger charge is -2.10. The third-order valence-electron chi connectivity index (χ3n) is 2.49. The zero-order valence-electron chi connectivity index (χ0n) is 9.61. The van der Waals surface area contributed by atoms with E-state index in [-0.39, 0.29) is 5.15 Å². The summed E-state index contributed by atoms with van der Waals surface area (Å²) in [6.45, 7) is 0. The molecule has 0 fully saturated rings. The van der Waals surface area contributed by atoms with Gasteiger partial charge >= 0.3 is 0 Å². The van der Waals surface area contributed by atoms with Crippen molar-refractivity contribution in [3.05, 3.63) is 44.7 Å². The number of nitrogens with zero attached hydrogens (tertiary/aromatic N) is 4. The van der Waals surface area contributed by atoms with Gasteiger partial charge in [-0.1, -0.05) is 46.4 Å². The van der Waals surface area contributed by atoms with E-state index in [0.29, 0.717) is 32.4 Å². The number of fused-ring (bicyclic) bond motifs is 1. The van der Waals surface area contributed by atoms with E-state index < -0.39 is 0 Å². The number of rotatable bonds is 2. The van der Waals surface area contributed by atoms with E-state index in [0.717, 1.165) is 0 Å². The lowest BCUT2D eigenvalue weighted by Crippen LogP contribution is -2.02. The molecule has 3 rings (SSSR count). The van der Waals surface area contributed by atoms with E-state index in [2.05, 4.69) is 20.4 Å². The van der Waals surface area contributed by atoms with Crippen LogP contribution < -0.4 is 5.32 Å². The highest BCUT2D eigenvalue weighted by Gasteiger charge is 2.10. The molecule has 0 atom stereocenters. The van der Waals surface area contributed by atoms with Crippen LogP contribution >= 0.6 is 46.4 Å². The molecule has 2 aromatic heterocycles. The predicted molar refractivity (Wildman–Crippen MR) is 80.5 cm³/mol. The van der Waals surface area contributed by atoms with Gasteiger partial charge in [-0.25, -0.2) is 0 Å². The molecule has 5 nitrogen and oxygen atoms in total. The van der Waals surface area contributed by atoms with Gasteiger partial charge in [-0.2, -0.15) is 19.6 Å². The standard InChI is InChI=1S/C11H5Cl4N5/c12-5-1-7(14)8(2-6(5)13)18-10-3-9(15)19-11-16-4-17-20(10)11/h1-4,18H. The maximum atomic E-state index is 6.12. The van der Waals surface area contributed by atoms with Crippen molar-refractivity contribution < 1.29 is 0 Å². The molecule has 1 aromatic carbocycles. The maximum absolute atomic E-state index is 6.12. The monoisotopic (exact) mass is 347 g/mol. The van der Waals surface area contributed by atoms with Crippen LogP contribution in [0.2, 0.25) is 20.2 Å². The lowest BCUT2D eigenvalue weighted by atomic mass is 10.3. The van der Waals surface area contributed by atoms with Gasteiger partial charge in [0.25, 0.3) is 5.78 Å². The molecule has 102 valence electrons. The Balaban J connectivity index is 2.09. The van der Waals surface area contributed by atoms with Crippen molar-refractivity contribution in [2.24, 2.45) is 0 Å². The summed E-state index contributed by atoms with van der Waals surface area (Å²) in [5.74, 6) is 0.925. The zero-order chi connectivity index (χ0) is 14.3. The molecule has 0 amide bonds. The fourth-order valence-corrected chi connectivity index (χ4v) is 2.40. The van der Waals surface area contributed by atoms with Crippen molar-refractivity contribution in [3.63, 3.8) is 0 Å². The van der Waals surface area contributed by atoms with Gasteiger partial charge in [0.2, 0.25) is 0 Å². The first-order valence-corrected chi connectivity index (χ1v) is 6.83. The molecule has 0 radical (unpaired) electrons. The molecule has 0 bridgehead atoms. The van der Waals surface area contributed by atoms with Crippen LogP contribution in [0.25, 0.3) is 5.78 Å². The zero-order valence-corrected chi connectivity index (χ0v) is 12.6. The second-order valence-electron chi connectivity index (χ2n) is 3.81. The Morgan fingerprint density at radius 1 is 0.950 bits per heavy atom. The first-order valence-electron chi connectivity index (χ1n) is 5.32.